The molecule has 0 aliphatic rings. The topological polar surface area (TPSA) is 40.5 Å². The highest BCUT2D eigenvalue weighted by molar-refractivity contribution is 6.06. The van der Waals surface area contributed by atoms with Crippen LogP contribution in [0.1, 0.15) is 15.9 Å². The number of carbonyl (C=O) groups excluding carboxylic acids is 1. The fraction of sp³-hybridized carbons (Fsp3) is 0.133. The van der Waals surface area contributed by atoms with E-state index in [1.165, 1.54) is 6.07 Å². The van der Waals surface area contributed by atoms with Crippen molar-refractivity contribution in [3.63, 3.8) is 0 Å². The van der Waals surface area contributed by atoms with Crippen LogP contribution in [0.3, 0.4) is 0 Å². The van der Waals surface area contributed by atoms with Crippen LogP contribution in [0.15, 0.2) is 48.5 Å². The second-order valence-electron chi connectivity index (χ2n) is 4.20. The van der Waals surface area contributed by atoms with E-state index < -0.39 is 0 Å². The molecule has 1 amide bonds. The standard InChI is InChI=1S/C15H15NO2/c1-11-10-13(17)8-9-14(11)15(18)16(2)12-6-4-3-5-7-12/h3-10,17H,1-2H3. The van der Waals surface area contributed by atoms with Gasteiger partial charge in [0, 0.05) is 18.3 Å². The van der Waals surface area contributed by atoms with Gasteiger partial charge >= 0.3 is 0 Å². The summed E-state index contributed by atoms with van der Waals surface area (Å²) in [6, 6.07) is 14.2. The van der Waals surface area contributed by atoms with Crippen molar-refractivity contribution in [2.24, 2.45) is 0 Å². The molecule has 92 valence electrons. The zero-order valence-electron chi connectivity index (χ0n) is 10.4. The quantitative estimate of drug-likeness (QED) is 0.878. The molecule has 3 heteroatoms. The Hall–Kier alpha value is -2.29. The van der Waals surface area contributed by atoms with Gasteiger partial charge in [-0.25, -0.2) is 0 Å². The van der Waals surface area contributed by atoms with Crippen molar-refractivity contribution in [3.8, 4) is 5.75 Å². The van der Waals surface area contributed by atoms with Gasteiger partial charge in [-0.1, -0.05) is 18.2 Å². The number of phenols is 1. The summed E-state index contributed by atoms with van der Waals surface area (Å²) in [6.07, 6.45) is 0. The lowest BCUT2D eigenvalue weighted by Crippen LogP contribution is -2.26. The molecule has 0 saturated carbocycles. The number of nitrogens with zero attached hydrogens (tertiary/aromatic N) is 1. The van der Waals surface area contributed by atoms with Crippen LogP contribution in [0.4, 0.5) is 5.69 Å². The highest BCUT2D eigenvalue weighted by Crippen LogP contribution is 2.20. The molecule has 18 heavy (non-hydrogen) atoms. The van der Waals surface area contributed by atoms with Gasteiger partial charge in [0.25, 0.3) is 5.91 Å². The van der Waals surface area contributed by atoms with Crippen LogP contribution in [0, 0.1) is 6.92 Å². The lowest BCUT2D eigenvalue weighted by molar-refractivity contribution is 0.0992. The summed E-state index contributed by atoms with van der Waals surface area (Å²) in [7, 11) is 1.74. The number of aromatic hydroxyl groups is 1. The van der Waals surface area contributed by atoms with Crippen LogP contribution in [0.25, 0.3) is 0 Å². The third kappa shape index (κ3) is 2.35. The molecule has 0 aliphatic carbocycles. The Morgan fingerprint density at radius 3 is 2.39 bits per heavy atom. The second kappa shape index (κ2) is 4.92. The zero-order chi connectivity index (χ0) is 13.1. The first-order chi connectivity index (χ1) is 8.59. The molecule has 0 aromatic heterocycles. The van der Waals surface area contributed by atoms with Gasteiger partial charge in [-0.3, -0.25) is 4.79 Å². The van der Waals surface area contributed by atoms with E-state index >= 15 is 0 Å². The van der Waals surface area contributed by atoms with Crippen LogP contribution in [-0.2, 0) is 0 Å². The maximum atomic E-state index is 12.3. The number of carbonyl (C=O) groups is 1. The largest absolute Gasteiger partial charge is 0.508 e. The molecule has 0 fully saturated rings. The number of anilines is 1. The van der Waals surface area contributed by atoms with Crippen LogP contribution in [0.5, 0.6) is 5.75 Å². The Balaban J connectivity index is 2.32. The number of phenolic OH excluding ortho intramolecular Hbond substituents is 1. The number of hydrogen-bond acceptors (Lipinski definition) is 2. The van der Waals surface area contributed by atoms with Crippen molar-refractivity contribution in [1.29, 1.82) is 0 Å². The summed E-state index contributed by atoms with van der Waals surface area (Å²) in [6.45, 7) is 1.81. The van der Waals surface area contributed by atoms with Gasteiger partial charge in [-0.15, -0.1) is 0 Å². The number of hydrogen-bond donors (Lipinski definition) is 1. The Bertz CT molecular complexity index is 564. The lowest BCUT2D eigenvalue weighted by atomic mass is 10.1. The predicted molar refractivity (Wildman–Crippen MR) is 72.0 cm³/mol. The highest BCUT2D eigenvalue weighted by atomic mass is 16.3. The average molecular weight is 241 g/mol. The second-order valence-corrected chi connectivity index (χ2v) is 4.20. The van der Waals surface area contributed by atoms with E-state index in [1.54, 1.807) is 24.1 Å². The minimum atomic E-state index is -0.0845. The van der Waals surface area contributed by atoms with Gasteiger partial charge in [0.1, 0.15) is 5.75 Å². The van der Waals surface area contributed by atoms with E-state index in [4.69, 9.17) is 0 Å². The normalized spacial score (nSPS) is 10.1. The first-order valence-corrected chi connectivity index (χ1v) is 5.72. The fourth-order valence-electron chi connectivity index (χ4n) is 1.84. The number of benzene rings is 2. The molecule has 0 saturated heterocycles. The molecule has 0 bridgehead atoms. The van der Waals surface area contributed by atoms with Crippen molar-refractivity contribution in [2.45, 2.75) is 6.92 Å². The minimum absolute atomic E-state index is 0.0845. The Kier molecular flexibility index (Phi) is 3.33. The third-order valence-electron chi connectivity index (χ3n) is 2.89. The van der Waals surface area contributed by atoms with Gasteiger partial charge in [0.15, 0.2) is 0 Å². The first-order valence-electron chi connectivity index (χ1n) is 5.72. The van der Waals surface area contributed by atoms with Crippen molar-refractivity contribution in [1.82, 2.24) is 0 Å². The van der Waals surface area contributed by atoms with Crippen LogP contribution in [0.2, 0.25) is 0 Å². The minimum Gasteiger partial charge on any atom is -0.508 e. The number of para-hydroxylation sites is 1. The van der Waals surface area contributed by atoms with Gasteiger partial charge in [-0.2, -0.15) is 0 Å². The SMILES string of the molecule is Cc1cc(O)ccc1C(=O)N(C)c1ccccc1. The summed E-state index contributed by atoms with van der Waals surface area (Å²) in [4.78, 5) is 13.9. The predicted octanol–water partition coefficient (Wildman–Crippen LogP) is 2.98. The molecular weight excluding hydrogens is 226 g/mol. The Labute approximate surface area is 106 Å². The molecule has 2 aromatic rings. The molecule has 0 radical (unpaired) electrons. The van der Waals surface area contributed by atoms with Gasteiger partial charge in [-0.05, 0) is 42.8 Å². The van der Waals surface area contributed by atoms with Crippen molar-refractivity contribution >= 4 is 11.6 Å². The maximum absolute atomic E-state index is 12.3. The van der Waals surface area contributed by atoms with E-state index in [9.17, 15) is 9.90 Å². The monoisotopic (exact) mass is 241 g/mol. The van der Waals surface area contributed by atoms with E-state index in [-0.39, 0.29) is 11.7 Å². The zero-order valence-corrected chi connectivity index (χ0v) is 10.4. The lowest BCUT2D eigenvalue weighted by Gasteiger charge is -2.18. The van der Waals surface area contributed by atoms with E-state index in [0.29, 0.717) is 5.56 Å². The van der Waals surface area contributed by atoms with Gasteiger partial charge in [0.2, 0.25) is 0 Å². The number of rotatable bonds is 2. The third-order valence-corrected chi connectivity index (χ3v) is 2.89. The molecule has 1 N–H and O–H groups in total. The molecular formula is C15H15NO2. The maximum Gasteiger partial charge on any atom is 0.258 e. The van der Waals surface area contributed by atoms with Crippen molar-refractivity contribution in [2.75, 3.05) is 11.9 Å². The van der Waals surface area contributed by atoms with E-state index in [0.717, 1.165) is 11.3 Å². The molecule has 0 aliphatic heterocycles. The summed E-state index contributed by atoms with van der Waals surface area (Å²) in [5, 5.41) is 9.35. The molecule has 2 aromatic carbocycles. The molecule has 2 rings (SSSR count). The van der Waals surface area contributed by atoms with Gasteiger partial charge < -0.3 is 10.0 Å². The van der Waals surface area contributed by atoms with E-state index in [2.05, 4.69) is 0 Å². The number of amides is 1. The van der Waals surface area contributed by atoms with Gasteiger partial charge in [0.05, 0.1) is 0 Å². The fourth-order valence-corrected chi connectivity index (χ4v) is 1.84. The summed E-state index contributed by atoms with van der Waals surface area (Å²) in [5.74, 6) is 0.0881. The van der Waals surface area contributed by atoms with Crippen molar-refractivity contribution in [3.05, 3.63) is 59.7 Å². The molecule has 0 atom stereocenters. The van der Waals surface area contributed by atoms with E-state index in [1.807, 2.05) is 37.3 Å². The highest BCUT2D eigenvalue weighted by Gasteiger charge is 2.15. The Morgan fingerprint density at radius 2 is 1.78 bits per heavy atom. The molecule has 3 nitrogen and oxygen atoms in total. The summed E-state index contributed by atoms with van der Waals surface area (Å²) < 4.78 is 0. The summed E-state index contributed by atoms with van der Waals surface area (Å²) >= 11 is 0. The summed E-state index contributed by atoms with van der Waals surface area (Å²) in [5.41, 5.74) is 2.21. The average Bonchev–Trinajstić information content (AvgIpc) is 2.38. The molecule has 0 heterocycles. The molecule has 0 unspecified atom stereocenters. The van der Waals surface area contributed by atoms with Crippen LogP contribution < -0.4 is 4.90 Å². The smallest absolute Gasteiger partial charge is 0.258 e. The Morgan fingerprint density at radius 1 is 1.11 bits per heavy atom. The number of aryl methyl sites for hydroxylation is 1. The molecule has 0 spiro atoms. The van der Waals surface area contributed by atoms with Crippen LogP contribution in [-0.4, -0.2) is 18.1 Å². The van der Waals surface area contributed by atoms with Crippen molar-refractivity contribution < 1.29 is 9.90 Å². The first kappa shape index (κ1) is 12.2. The van der Waals surface area contributed by atoms with Crippen LogP contribution >= 0.6 is 0 Å².